The van der Waals surface area contributed by atoms with E-state index in [2.05, 4.69) is 20.3 Å². The van der Waals surface area contributed by atoms with Crippen molar-refractivity contribution in [2.45, 2.75) is 25.8 Å². The highest BCUT2D eigenvalue weighted by Gasteiger charge is 2.16. The summed E-state index contributed by atoms with van der Waals surface area (Å²) in [5, 5.41) is 2.88. The number of aromatic amines is 1. The van der Waals surface area contributed by atoms with Gasteiger partial charge in [0.25, 0.3) is 0 Å². The highest BCUT2D eigenvalue weighted by molar-refractivity contribution is 5.77. The van der Waals surface area contributed by atoms with Gasteiger partial charge in [-0.3, -0.25) is 4.79 Å². The van der Waals surface area contributed by atoms with Crippen LogP contribution in [0.1, 0.15) is 31.1 Å². The number of fused-ring (bicyclic) bond motifs is 1. The molecule has 2 aromatic heterocycles. The van der Waals surface area contributed by atoms with Gasteiger partial charge in [-0.05, 0) is 31.2 Å². The number of aryl methyl sites for hydroxylation is 1. The van der Waals surface area contributed by atoms with E-state index in [1.54, 1.807) is 0 Å². The molecule has 6 nitrogen and oxygen atoms in total. The van der Waals surface area contributed by atoms with Crippen LogP contribution in [0.25, 0.3) is 22.4 Å². The van der Waals surface area contributed by atoms with Gasteiger partial charge in [-0.2, -0.15) is 0 Å². The zero-order chi connectivity index (χ0) is 20.4. The lowest BCUT2D eigenvalue weighted by Gasteiger charge is -2.10. The molecule has 0 radical (unpaired) electrons. The van der Waals surface area contributed by atoms with Crippen molar-refractivity contribution < 1.29 is 18.0 Å². The zero-order valence-corrected chi connectivity index (χ0v) is 15.6. The molecule has 4 rings (SSSR count). The Morgan fingerprint density at radius 2 is 2.07 bits per heavy atom. The zero-order valence-electron chi connectivity index (χ0n) is 15.6. The Bertz CT molecular complexity index is 1140. The largest absolute Gasteiger partial charge is 0.441 e. The van der Waals surface area contributed by atoms with Crippen molar-refractivity contribution in [3.63, 3.8) is 0 Å². The van der Waals surface area contributed by atoms with Crippen LogP contribution in [-0.4, -0.2) is 20.9 Å². The number of carbonyl (C=O) groups is 1. The number of aromatic nitrogens is 3. The van der Waals surface area contributed by atoms with Crippen molar-refractivity contribution in [1.82, 2.24) is 20.3 Å². The first-order valence-corrected chi connectivity index (χ1v) is 9.14. The molecule has 0 saturated heterocycles. The molecule has 2 heterocycles. The van der Waals surface area contributed by atoms with Gasteiger partial charge < -0.3 is 14.7 Å². The van der Waals surface area contributed by atoms with E-state index in [1.165, 1.54) is 12.3 Å². The predicted octanol–water partition coefficient (Wildman–Crippen LogP) is 4.31. The number of carbonyl (C=O) groups excluding carboxylic acids is 1. The monoisotopic (exact) mass is 396 g/mol. The maximum atomic E-state index is 13.8. The van der Waals surface area contributed by atoms with Gasteiger partial charge >= 0.3 is 0 Å². The standard InChI is InChI=1S/C21H18F2N4O2/c1-12(21-26-16-4-2-3-5-17(16)27-21)25-19(28)8-9-20-24-11-18(29-20)14-7-6-13(22)10-15(14)23/h2-7,10-12H,8-9H2,1H3,(H,25,28)(H,26,27). The van der Waals surface area contributed by atoms with Gasteiger partial charge in [0.2, 0.25) is 5.91 Å². The first kappa shape index (κ1) is 18.8. The van der Waals surface area contributed by atoms with Gasteiger partial charge in [0.1, 0.15) is 17.5 Å². The number of nitrogens with zero attached hydrogens (tertiary/aromatic N) is 2. The Hall–Kier alpha value is -3.55. The molecule has 1 amide bonds. The number of amides is 1. The number of nitrogens with one attached hydrogen (secondary N) is 2. The van der Waals surface area contributed by atoms with E-state index in [0.29, 0.717) is 11.7 Å². The van der Waals surface area contributed by atoms with Crippen LogP contribution in [0.4, 0.5) is 8.78 Å². The Morgan fingerprint density at radius 3 is 2.86 bits per heavy atom. The molecule has 0 aliphatic heterocycles. The molecule has 29 heavy (non-hydrogen) atoms. The van der Waals surface area contributed by atoms with E-state index in [9.17, 15) is 13.6 Å². The molecule has 0 aliphatic rings. The topological polar surface area (TPSA) is 83.8 Å². The Kier molecular flexibility index (Phi) is 5.07. The summed E-state index contributed by atoms with van der Waals surface area (Å²) < 4.78 is 32.4. The number of oxazole rings is 1. The third-order valence-electron chi connectivity index (χ3n) is 4.51. The van der Waals surface area contributed by atoms with Crippen LogP contribution in [0.2, 0.25) is 0 Å². The fourth-order valence-electron chi connectivity index (χ4n) is 3.02. The third kappa shape index (κ3) is 4.16. The van der Waals surface area contributed by atoms with Gasteiger partial charge in [0.15, 0.2) is 11.7 Å². The first-order chi connectivity index (χ1) is 14.0. The van der Waals surface area contributed by atoms with Crippen molar-refractivity contribution in [2.24, 2.45) is 0 Å². The van der Waals surface area contributed by atoms with Crippen LogP contribution < -0.4 is 5.32 Å². The van der Waals surface area contributed by atoms with Crippen molar-refractivity contribution in [3.05, 3.63) is 72.0 Å². The maximum Gasteiger partial charge on any atom is 0.221 e. The van der Waals surface area contributed by atoms with Crippen molar-refractivity contribution >= 4 is 16.9 Å². The minimum Gasteiger partial charge on any atom is -0.441 e. The molecule has 1 atom stereocenters. The lowest BCUT2D eigenvalue weighted by Crippen LogP contribution is -2.27. The number of rotatable bonds is 6. The summed E-state index contributed by atoms with van der Waals surface area (Å²) in [5.74, 6) is -0.425. The smallest absolute Gasteiger partial charge is 0.221 e. The minimum absolute atomic E-state index is 0.119. The molecule has 0 fully saturated rings. The van der Waals surface area contributed by atoms with E-state index in [0.717, 1.165) is 23.2 Å². The SMILES string of the molecule is CC(NC(=O)CCc1ncc(-c2ccc(F)cc2F)o1)c1nc2ccccc2[nH]1. The average molecular weight is 396 g/mol. The van der Waals surface area contributed by atoms with Crippen LogP contribution in [0, 0.1) is 11.6 Å². The van der Waals surface area contributed by atoms with Gasteiger partial charge in [0.05, 0.1) is 28.8 Å². The molecule has 148 valence electrons. The fourth-order valence-corrected chi connectivity index (χ4v) is 3.02. The molecule has 0 bridgehead atoms. The molecule has 8 heteroatoms. The molecule has 2 aromatic carbocycles. The summed E-state index contributed by atoms with van der Waals surface area (Å²) in [6, 6.07) is 10.6. The molecule has 0 aliphatic carbocycles. The molecule has 4 aromatic rings. The third-order valence-corrected chi connectivity index (χ3v) is 4.51. The number of hydrogen-bond donors (Lipinski definition) is 2. The van der Waals surface area contributed by atoms with E-state index < -0.39 is 11.6 Å². The average Bonchev–Trinajstić information content (AvgIpc) is 3.33. The molecule has 1 unspecified atom stereocenters. The van der Waals surface area contributed by atoms with Crippen molar-refractivity contribution in [2.75, 3.05) is 0 Å². The molecule has 0 saturated carbocycles. The summed E-state index contributed by atoms with van der Waals surface area (Å²) in [6.45, 7) is 1.84. The second-order valence-corrected chi connectivity index (χ2v) is 6.67. The highest BCUT2D eigenvalue weighted by Crippen LogP contribution is 2.24. The van der Waals surface area contributed by atoms with E-state index in [4.69, 9.17) is 4.42 Å². The van der Waals surface area contributed by atoms with Gasteiger partial charge in [-0.15, -0.1) is 0 Å². The first-order valence-electron chi connectivity index (χ1n) is 9.14. The summed E-state index contributed by atoms with van der Waals surface area (Å²) >= 11 is 0. The Balaban J connectivity index is 1.35. The summed E-state index contributed by atoms with van der Waals surface area (Å²) in [6.07, 6.45) is 1.76. The van der Waals surface area contributed by atoms with Crippen molar-refractivity contribution in [1.29, 1.82) is 0 Å². The van der Waals surface area contributed by atoms with Gasteiger partial charge in [-0.1, -0.05) is 12.1 Å². The van der Waals surface area contributed by atoms with Gasteiger partial charge in [0, 0.05) is 18.9 Å². The summed E-state index contributed by atoms with van der Waals surface area (Å²) in [4.78, 5) is 24.0. The predicted molar refractivity (Wildman–Crippen MR) is 103 cm³/mol. The maximum absolute atomic E-state index is 13.8. The quantitative estimate of drug-likeness (QED) is 0.509. The second-order valence-electron chi connectivity index (χ2n) is 6.67. The number of H-pyrrole nitrogens is 1. The van der Waals surface area contributed by atoms with Crippen molar-refractivity contribution in [3.8, 4) is 11.3 Å². The second kappa shape index (κ2) is 7.83. The minimum atomic E-state index is -0.731. The molecule has 2 N–H and O–H groups in total. The fraction of sp³-hybridized carbons (Fsp3) is 0.190. The lowest BCUT2D eigenvalue weighted by molar-refractivity contribution is -0.121. The van der Waals surface area contributed by atoms with Crippen LogP contribution in [0.5, 0.6) is 0 Å². The molecule has 0 spiro atoms. The van der Waals surface area contributed by atoms with Crippen LogP contribution >= 0.6 is 0 Å². The van der Waals surface area contributed by atoms with E-state index in [1.807, 2.05) is 31.2 Å². The van der Waals surface area contributed by atoms with Crippen LogP contribution in [0.15, 0.2) is 53.1 Å². The number of para-hydroxylation sites is 2. The number of hydrogen-bond acceptors (Lipinski definition) is 4. The van der Waals surface area contributed by atoms with E-state index in [-0.39, 0.29) is 36.1 Å². The molecular weight excluding hydrogens is 378 g/mol. The Labute approximate surface area is 165 Å². The van der Waals surface area contributed by atoms with E-state index >= 15 is 0 Å². The number of halogens is 2. The van der Waals surface area contributed by atoms with Crippen LogP contribution in [-0.2, 0) is 11.2 Å². The summed E-state index contributed by atoms with van der Waals surface area (Å²) in [5.41, 5.74) is 1.86. The number of imidazole rings is 1. The lowest BCUT2D eigenvalue weighted by atomic mass is 10.2. The normalized spacial score (nSPS) is 12.2. The highest BCUT2D eigenvalue weighted by atomic mass is 19.1. The summed E-state index contributed by atoms with van der Waals surface area (Å²) in [7, 11) is 0. The van der Waals surface area contributed by atoms with Gasteiger partial charge in [-0.25, -0.2) is 18.7 Å². The Morgan fingerprint density at radius 1 is 1.24 bits per heavy atom. The number of benzene rings is 2. The van der Waals surface area contributed by atoms with Crippen LogP contribution in [0.3, 0.4) is 0 Å². The molecular formula is C21H18F2N4O2.